The average Bonchev–Trinajstić information content (AvgIpc) is 2.52. The number of nitrogens with two attached hydrogens (primary N) is 1. The number of halogens is 1. The maximum atomic E-state index is 12.8. The zero-order valence-electron chi connectivity index (χ0n) is 11.6. The molecule has 2 aromatic rings. The van der Waals surface area contributed by atoms with Crippen LogP contribution in [0.3, 0.4) is 0 Å². The SMILES string of the molecule is NC(=O)C(OC(=O)/C=C/c1ccc(F)cc1)c1ccccc1. The molecule has 0 radical (unpaired) electrons. The van der Waals surface area contributed by atoms with Gasteiger partial charge in [-0.2, -0.15) is 0 Å². The molecule has 0 spiro atoms. The number of benzene rings is 2. The van der Waals surface area contributed by atoms with Crippen molar-refractivity contribution < 1.29 is 18.7 Å². The quantitative estimate of drug-likeness (QED) is 0.681. The zero-order valence-corrected chi connectivity index (χ0v) is 11.6. The van der Waals surface area contributed by atoms with Crippen LogP contribution >= 0.6 is 0 Å². The van der Waals surface area contributed by atoms with Gasteiger partial charge in [0.25, 0.3) is 5.91 Å². The summed E-state index contributed by atoms with van der Waals surface area (Å²) in [5.41, 5.74) is 6.39. The second-order valence-corrected chi connectivity index (χ2v) is 4.51. The Hall–Kier alpha value is -2.95. The number of carbonyl (C=O) groups excluding carboxylic acids is 2. The maximum absolute atomic E-state index is 12.8. The fourth-order valence-corrected chi connectivity index (χ4v) is 1.81. The van der Waals surface area contributed by atoms with Crippen molar-refractivity contribution in [1.82, 2.24) is 0 Å². The largest absolute Gasteiger partial charge is 0.444 e. The third kappa shape index (κ3) is 4.28. The van der Waals surface area contributed by atoms with Crippen molar-refractivity contribution in [2.75, 3.05) is 0 Å². The van der Waals surface area contributed by atoms with Crippen molar-refractivity contribution in [3.05, 3.63) is 77.6 Å². The van der Waals surface area contributed by atoms with E-state index in [1.54, 1.807) is 30.3 Å². The highest BCUT2D eigenvalue weighted by Crippen LogP contribution is 2.17. The van der Waals surface area contributed by atoms with Crippen molar-refractivity contribution in [3.63, 3.8) is 0 Å². The van der Waals surface area contributed by atoms with Crippen LogP contribution in [0.4, 0.5) is 4.39 Å². The topological polar surface area (TPSA) is 69.4 Å². The van der Waals surface area contributed by atoms with Crippen LogP contribution in [0.1, 0.15) is 17.2 Å². The van der Waals surface area contributed by atoms with Gasteiger partial charge in [-0.3, -0.25) is 4.79 Å². The second-order valence-electron chi connectivity index (χ2n) is 4.51. The van der Waals surface area contributed by atoms with Crippen LogP contribution in [0, 0.1) is 5.82 Å². The molecule has 2 rings (SSSR count). The number of hydrogen-bond acceptors (Lipinski definition) is 3. The Balaban J connectivity index is 2.06. The van der Waals surface area contributed by atoms with Crippen LogP contribution in [0.2, 0.25) is 0 Å². The first-order valence-corrected chi connectivity index (χ1v) is 6.55. The lowest BCUT2D eigenvalue weighted by molar-refractivity contribution is -0.150. The van der Waals surface area contributed by atoms with Gasteiger partial charge in [-0.15, -0.1) is 0 Å². The van der Waals surface area contributed by atoms with E-state index in [2.05, 4.69) is 0 Å². The van der Waals surface area contributed by atoms with E-state index in [9.17, 15) is 14.0 Å². The van der Waals surface area contributed by atoms with Gasteiger partial charge in [-0.25, -0.2) is 9.18 Å². The molecule has 1 amide bonds. The van der Waals surface area contributed by atoms with Crippen molar-refractivity contribution in [2.45, 2.75) is 6.10 Å². The highest BCUT2D eigenvalue weighted by Gasteiger charge is 2.21. The Kier molecular flexibility index (Phi) is 5.03. The number of primary amides is 1. The van der Waals surface area contributed by atoms with E-state index in [-0.39, 0.29) is 5.82 Å². The van der Waals surface area contributed by atoms with Gasteiger partial charge in [0.2, 0.25) is 6.10 Å². The highest BCUT2D eigenvalue weighted by molar-refractivity contribution is 5.90. The van der Waals surface area contributed by atoms with E-state index in [1.807, 2.05) is 0 Å². The predicted molar refractivity (Wildman–Crippen MR) is 79.9 cm³/mol. The molecule has 112 valence electrons. The number of carbonyl (C=O) groups is 2. The third-order valence-electron chi connectivity index (χ3n) is 2.88. The first kappa shape index (κ1) is 15.4. The van der Waals surface area contributed by atoms with E-state index in [4.69, 9.17) is 10.5 Å². The first-order valence-electron chi connectivity index (χ1n) is 6.55. The van der Waals surface area contributed by atoms with Crippen molar-refractivity contribution >= 4 is 18.0 Å². The fourth-order valence-electron chi connectivity index (χ4n) is 1.81. The molecule has 0 saturated heterocycles. The lowest BCUT2D eigenvalue weighted by atomic mass is 10.1. The minimum absolute atomic E-state index is 0.363. The Labute approximate surface area is 127 Å². The summed E-state index contributed by atoms with van der Waals surface area (Å²) in [4.78, 5) is 23.2. The molecule has 4 nitrogen and oxygen atoms in total. The molecule has 1 unspecified atom stereocenters. The number of hydrogen-bond donors (Lipinski definition) is 1. The van der Waals surface area contributed by atoms with Crippen LogP contribution in [-0.2, 0) is 14.3 Å². The summed E-state index contributed by atoms with van der Waals surface area (Å²) in [6, 6.07) is 14.1. The minimum atomic E-state index is -1.15. The third-order valence-corrected chi connectivity index (χ3v) is 2.88. The fraction of sp³-hybridized carbons (Fsp3) is 0.0588. The van der Waals surface area contributed by atoms with E-state index in [0.717, 1.165) is 6.08 Å². The standard InChI is InChI=1S/C17H14FNO3/c18-14-9-6-12(7-10-14)8-11-15(20)22-16(17(19)21)13-4-2-1-3-5-13/h1-11,16H,(H2,19,21)/b11-8+. The van der Waals surface area contributed by atoms with Crippen molar-refractivity contribution in [3.8, 4) is 0 Å². The number of esters is 1. The van der Waals surface area contributed by atoms with E-state index >= 15 is 0 Å². The zero-order chi connectivity index (χ0) is 15.9. The molecule has 0 aliphatic rings. The molecule has 0 heterocycles. The lowest BCUT2D eigenvalue weighted by Crippen LogP contribution is -2.25. The molecule has 2 N–H and O–H groups in total. The molecular weight excluding hydrogens is 285 g/mol. The van der Waals surface area contributed by atoms with Crippen molar-refractivity contribution in [2.24, 2.45) is 5.73 Å². The molecule has 0 aliphatic carbocycles. The van der Waals surface area contributed by atoms with Gasteiger partial charge in [-0.1, -0.05) is 42.5 Å². The van der Waals surface area contributed by atoms with Gasteiger partial charge in [-0.05, 0) is 23.8 Å². The van der Waals surface area contributed by atoms with E-state index in [1.165, 1.54) is 30.3 Å². The molecule has 0 aromatic heterocycles. The molecule has 0 saturated carbocycles. The maximum Gasteiger partial charge on any atom is 0.331 e. The summed E-state index contributed by atoms with van der Waals surface area (Å²) in [5.74, 6) is -1.83. The summed E-state index contributed by atoms with van der Waals surface area (Å²) < 4.78 is 17.8. The summed E-state index contributed by atoms with van der Waals surface area (Å²) in [6.07, 6.45) is 1.48. The number of rotatable bonds is 5. The summed E-state index contributed by atoms with van der Waals surface area (Å²) in [6.45, 7) is 0. The van der Waals surface area contributed by atoms with Crippen molar-refractivity contribution in [1.29, 1.82) is 0 Å². The molecule has 0 aliphatic heterocycles. The first-order chi connectivity index (χ1) is 10.6. The van der Waals surface area contributed by atoms with Gasteiger partial charge in [0.05, 0.1) is 0 Å². The molecule has 2 aromatic carbocycles. The van der Waals surface area contributed by atoms with Crippen LogP contribution in [0.5, 0.6) is 0 Å². The molecule has 0 bridgehead atoms. The van der Waals surface area contributed by atoms with E-state index in [0.29, 0.717) is 11.1 Å². The highest BCUT2D eigenvalue weighted by atomic mass is 19.1. The molecule has 0 fully saturated rings. The Morgan fingerprint density at radius 1 is 1.05 bits per heavy atom. The van der Waals surface area contributed by atoms with Crippen LogP contribution in [0.15, 0.2) is 60.7 Å². The monoisotopic (exact) mass is 299 g/mol. The van der Waals surface area contributed by atoms with Crippen LogP contribution in [0.25, 0.3) is 6.08 Å². The van der Waals surface area contributed by atoms with Gasteiger partial charge < -0.3 is 10.5 Å². The van der Waals surface area contributed by atoms with E-state index < -0.39 is 18.0 Å². The average molecular weight is 299 g/mol. The summed E-state index contributed by atoms with van der Waals surface area (Å²) in [7, 11) is 0. The summed E-state index contributed by atoms with van der Waals surface area (Å²) in [5, 5.41) is 0. The van der Waals surface area contributed by atoms with Gasteiger partial charge in [0, 0.05) is 11.6 Å². The Bertz CT molecular complexity index is 681. The summed E-state index contributed by atoms with van der Waals surface area (Å²) >= 11 is 0. The molecule has 22 heavy (non-hydrogen) atoms. The van der Waals surface area contributed by atoms with Gasteiger partial charge in [0.15, 0.2) is 0 Å². The number of ether oxygens (including phenoxy) is 1. The molecular formula is C17H14FNO3. The minimum Gasteiger partial charge on any atom is -0.444 e. The molecule has 1 atom stereocenters. The second kappa shape index (κ2) is 7.17. The molecule has 5 heteroatoms. The Morgan fingerprint density at radius 2 is 1.68 bits per heavy atom. The van der Waals surface area contributed by atoms with Crippen LogP contribution < -0.4 is 5.73 Å². The lowest BCUT2D eigenvalue weighted by Gasteiger charge is -2.13. The predicted octanol–water partition coefficient (Wildman–Crippen LogP) is 2.61. The normalized spacial score (nSPS) is 12.0. The van der Waals surface area contributed by atoms with Gasteiger partial charge in [0.1, 0.15) is 5.82 Å². The Morgan fingerprint density at radius 3 is 2.27 bits per heavy atom. The smallest absolute Gasteiger partial charge is 0.331 e. The number of amides is 1. The van der Waals surface area contributed by atoms with Crippen LogP contribution in [-0.4, -0.2) is 11.9 Å². The van der Waals surface area contributed by atoms with Gasteiger partial charge >= 0.3 is 5.97 Å².